The molecule has 0 radical (unpaired) electrons. The summed E-state index contributed by atoms with van der Waals surface area (Å²) < 4.78 is 29.5. The normalized spacial score (nSPS) is 11.8. The third-order valence-corrected chi connectivity index (χ3v) is 2.71. The fourth-order valence-corrected chi connectivity index (χ4v) is 1.63. The van der Waals surface area contributed by atoms with E-state index in [4.69, 9.17) is 9.84 Å². The lowest BCUT2D eigenvalue weighted by Gasteiger charge is -2.05. The van der Waals surface area contributed by atoms with E-state index in [0.29, 0.717) is 13.0 Å². The maximum Gasteiger partial charge on any atom is 0.213 e. The molecule has 0 aromatic heterocycles. The van der Waals surface area contributed by atoms with Crippen molar-refractivity contribution < 1.29 is 18.3 Å². The minimum Gasteiger partial charge on any atom is -0.396 e. The Balaban J connectivity index is 3.55. The molecule has 0 atom stereocenters. The van der Waals surface area contributed by atoms with Crippen molar-refractivity contribution in [1.29, 1.82) is 0 Å². The van der Waals surface area contributed by atoms with Crippen LogP contribution in [0.5, 0.6) is 0 Å². The Kier molecular flexibility index (Phi) is 7.16. The van der Waals surface area contributed by atoms with Crippen LogP contribution >= 0.6 is 0 Å². The molecular weight excluding hydrogens is 194 g/mol. The summed E-state index contributed by atoms with van der Waals surface area (Å²) in [7, 11) is -3.21. The Morgan fingerprint density at radius 2 is 2.15 bits per heavy atom. The molecule has 13 heavy (non-hydrogen) atoms. The first-order chi connectivity index (χ1) is 6.12. The standard InChI is InChI=1S/C7H17NO4S/c1-2-12-6-7-13(10,11)8-4-3-5-9/h8-9H,2-7H2,1H3. The van der Waals surface area contributed by atoms with Crippen LogP contribution in [0.4, 0.5) is 0 Å². The first-order valence-electron chi connectivity index (χ1n) is 4.28. The van der Waals surface area contributed by atoms with Crippen molar-refractivity contribution in [3.63, 3.8) is 0 Å². The predicted octanol–water partition coefficient (Wildman–Crippen LogP) is -0.675. The zero-order chi connectivity index (χ0) is 10.2. The minimum atomic E-state index is -3.21. The number of ether oxygens (including phenoxy) is 1. The highest BCUT2D eigenvalue weighted by Crippen LogP contribution is 1.86. The van der Waals surface area contributed by atoms with Gasteiger partial charge in [-0.2, -0.15) is 0 Å². The van der Waals surface area contributed by atoms with Gasteiger partial charge in [-0.3, -0.25) is 0 Å². The van der Waals surface area contributed by atoms with E-state index < -0.39 is 10.0 Å². The van der Waals surface area contributed by atoms with Gasteiger partial charge in [0.05, 0.1) is 12.4 Å². The lowest BCUT2D eigenvalue weighted by atomic mass is 10.5. The molecule has 0 spiro atoms. The Hall–Kier alpha value is -0.170. The van der Waals surface area contributed by atoms with Gasteiger partial charge < -0.3 is 9.84 Å². The lowest BCUT2D eigenvalue weighted by molar-refractivity contribution is 0.163. The van der Waals surface area contributed by atoms with Crippen LogP contribution in [0.2, 0.25) is 0 Å². The summed E-state index contributed by atoms with van der Waals surface area (Å²) in [4.78, 5) is 0. The van der Waals surface area contributed by atoms with Crippen LogP contribution in [0.3, 0.4) is 0 Å². The number of nitrogens with one attached hydrogen (secondary N) is 1. The second kappa shape index (κ2) is 7.25. The van der Waals surface area contributed by atoms with Crippen LogP contribution in [0.1, 0.15) is 13.3 Å². The van der Waals surface area contributed by atoms with Gasteiger partial charge in [-0.1, -0.05) is 0 Å². The average Bonchev–Trinajstić information content (AvgIpc) is 2.05. The highest BCUT2D eigenvalue weighted by Gasteiger charge is 2.07. The van der Waals surface area contributed by atoms with E-state index in [-0.39, 0.29) is 25.5 Å². The van der Waals surface area contributed by atoms with Gasteiger partial charge in [-0.05, 0) is 13.3 Å². The van der Waals surface area contributed by atoms with E-state index in [9.17, 15) is 8.42 Å². The van der Waals surface area contributed by atoms with Crippen LogP contribution in [0.25, 0.3) is 0 Å². The van der Waals surface area contributed by atoms with Crippen LogP contribution in [-0.4, -0.2) is 45.6 Å². The molecule has 0 rings (SSSR count). The summed E-state index contributed by atoms with van der Waals surface area (Å²) in [5, 5.41) is 8.42. The molecule has 0 heterocycles. The summed E-state index contributed by atoms with van der Waals surface area (Å²) in [6.07, 6.45) is 0.438. The van der Waals surface area contributed by atoms with Gasteiger partial charge >= 0.3 is 0 Å². The molecule has 0 aromatic rings. The van der Waals surface area contributed by atoms with Crippen molar-refractivity contribution in [2.45, 2.75) is 13.3 Å². The molecule has 6 heteroatoms. The molecule has 2 N–H and O–H groups in total. The number of hydrogen-bond acceptors (Lipinski definition) is 4. The molecular formula is C7H17NO4S. The van der Waals surface area contributed by atoms with Crippen molar-refractivity contribution in [3.8, 4) is 0 Å². The van der Waals surface area contributed by atoms with Gasteiger partial charge in [0.15, 0.2) is 0 Å². The van der Waals surface area contributed by atoms with Crippen molar-refractivity contribution in [3.05, 3.63) is 0 Å². The highest BCUT2D eigenvalue weighted by molar-refractivity contribution is 7.89. The molecule has 0 saturated carbocycles. The Morgan fingerprint density at radius 1 is 1.46 bits per heavy atom. The zero-order valence-corrected chi connectivity index (χ0v) is 8.64. The number of sulfonamides is 1. The lowest BCUT2D eigenvalue weighted by Crippen LogP contribution is -2.29. The Morgan fingerprint density at radius 3 is 2.69 bits per heavy atom. The smallest absolute Gasteiger partial charge is 0.213 e. The molecule has 0 aliphatic heterocycles. The van der Waals surface area contributed by atoms with Crippen molar-refractivity contribution in [1.82, 2.24) is 4.72 Å². The van der Waals surface area contributed by atoms with E-state index in [1.807, 2.05) is 6.92 Å². The molecule has 0 aliphatic carbocycles. The first kappa shape index (κ1) is 12.8. The van der Waals surface area contributed by atoms with Crippen LogP contribution in [0, 0.1) is 0 Å². The van der Waals surface area contributed by atoms with Gasteiger partial charge in [0.25, 0.3) is 0 Å². The molecule has 0 unspecified atom stereocenters. The number of hydrogen-bond donors (Lipinski definition) is 2. The quantitative estimate of drug-likeness (QED) is 0.522. The first-order valence-corrected chi connectivity index (χ1v) is 5.93. The van der Waals surface area contributed by atoms with E-state index in [1.165, 1.54) is 0 Å². The van der Waals surface area contributed by atoms with Crippen LogP contribution in [0.15, 0.2) is 0 Å². The second-order valence-corrected chi connectivity index (χ2v) is 4.41. The third-order valence-electron chi connectivity index (χ3n) is 1.36. The Bertz CT molecular complexity index is 187. The molecule has 0 fully saturated rings. The largest absolute Gasteiger partial charge is 0.396 e. The predicted molar refractivity (Wildman–Crippen MR) is 50.0 cm³/mol. The fraction of sp³-hybridized carbons (Fsp3) is 1.00. The minimum absolute atomic E-state index is 0.00597. The van der Waals surface area contributed by atoms with Crippen LogP contribution < -0.4 is 4.72 Å². The topological polar surface area (TPSA) is 75.6 Å². The van der Waals surface area contributed by atoms with Crippen molar-refractivity contribution >= 4 is 10.0 Å². The van der Waals surface area contributed by atoms with E-state index in [0.717, 1.165) is 0 Å². The molecule has 0 aromatic carbocycles. The molecule has 0 aliphatic rings. The van der Waals surface area contributed by atoms with Gasteiger partial charge in [0.2, 0.25) is 10.0 Å². The van der Waals surface area contributed by atoms with Gasteiger partial charge in [-0.25, -0.2) is 13.1 Å². The van der Waals surface area contributed by atoms with E-state index in [2.05, 4.69) is 4.72 Å². The van der Waals surface area contributed by atoms with E-state index >= 15 is 0 Å². The molecule has 80 valence electrons. The highest BCUT2D eigenvalue weighted by atomic mass is 32.2. The van der Waals surface area contributed by atoms with Gasteiger partial charge in [0, 0.05) is 19.8 Å². The maximum absolute atomic E-state index is 11.1. The zero-order valence-electron chi connectivity index (χ0n) is 7.82. The monoisotopic (exact) mass is 211 g/mol. The third kappa shape index (κ3) is 8.17. The summed E-state index contributed by atoms with van der Waals surface area (Å²) in [6.45, 7) is 2.82. The van der Waals surface area contributed by atoms with Gasteiger partial charge in [0.1, 0.15) is 0 Å². The number of aliphatic hydroxyl groups is 1. The molecule has 5 nitrogen and oxygen atoms in total. The second-order valence-electron chi connectivity index (χ2n) is 2.49. The summed E-state index contributed by atoms with van der Waals surface area (Å²) in [5.74, 6) is -0.0216. The molecule has 0 bridgehead atoms. The SMILES string of the molecule is CCOCCS(=O)(=O)NCCCO. The van der Waals surface area contributed by atoms with Crippen LogP contribution in [-0.2, 0) is 14.8 Å². The Labute approximate surface area is 79.1 Å². The maximum atomic E-state index is 11.1. The molecule has 0 amide bonds. The fourth-order valence-electron chi connectivity index (χ4n) is 0.692. The summed E-state index contributed by atoms with van der Waals surface area (Å²) in [5.41, 5.74) is 0. The average molecular weight is 211 g/mol. The van der Waals surface area contributed by atoms with Crippen molar-refractivity contribution in [2.75, 3.05) is 32.1 Å². The van der Waals surface area contributed by atoms with Crippen molar-refractivity contribution in [2.24, 2.45) is 0 Å². The summed E-state index contributed by atoms with van der Waals surface area (Å²) >= 11 is 0. The van der Waals surface area contributed by atoms with Gasteiger partial charge in [-0.15, -0.1) is 0 Å². The summed E-state index contributed by atoms with van der Waals surface area (Å²) in [6, 6.07) is 0. The molecule has 0 saturated heterocycles. The van der Waals surface area contributed by atoms with E-state index in [1.54, 1.807) is 0 Å². The number of rotatable bonds is 8. The number of aliphatic hydroxyl groups excluding tert-OH is 1.